The second-order valence-electron chi connectivity index (χ2n) is 5.50. The van der Waals surface area contributed by atoms with E-state index in [1.807, 2.05) is 51.1 Å². The molecule has 0 radical (unpaired) electrons. The van der Waals surface area contributed by atoms with Crippen molar-refractivity contribution in [1.82, 2.24) is 5.32 Å². The summed E-state index contributed by atoms with van der Waals surface area (Å²) >= 11 is 5.81. The molecule has 0 spiro atoms. The zero-order valence-corrected chi connectivity index (χ0v) is 12.9. The monoisotopic (exact) mass is 299 g/mol. The summed E-state index contributed by atoms with van der Waals surface area (Å²) in [7, 11) is 0. The molecule has 1 rings (SSSR count). The molecule has 1 aromatic rings. The molecule has 0 aliphatic carbocycles. The van der Waals surface area contributed by atoms with Gasteiger partial charge in [0.05, 0.1) is 19.3 Å². The minimum atomic E-state index is -0.522. The highest BCUT2D eigenvalue weighted by molar-refractivity contribution is 6.18. The van der Waals surface area contributed by atoms with E-state index in [1.54, 1.807) is 0 Å². The first-order valence-corrected chi connectivity index (χ1v) is 7.11. The summed E-state index contributed by atoms with van der Waals surface area (Å²) in [4.78, 5) is 11.6. The van der Waals surface area contributed by atoms with E-state index in [2.05, 4.69) is 5.32 Å². The van der Waals surface area contributed by atoms with Crippen LogP contribution in [0, 0.1) is 0 Å². The van der Waals surface area contributed by atoms with Crippen LogP contribution in [0.2, 0.25) is 0 Å². The van der Waals surface area contributed by atoms with Crippen molar-refractivity contribution in [2.75, 3.05) is 12.5 Å². The van der Waals surface area contributed by atoms with Crippen molar-refractivity contribution in [3.8, 4) is 0 Å². The van der Waals surface area contributed by atoms with Gasteiger partial charge in [-0.25, -0.2) is 4.79 Å². The first-order valence-electron chi connectivity index (χ1n) is 6.58. The van der Waals surface area contributed by atoms with E-state index in [0.29, 0.717) is 13.2 Å². The maximum Gasteiger partial charge on any atom is 0.407 e. The number of nitrogens with one attached hydrogen (secondary N) is 1. The highest BCUT2D eigenvalue weighted by atomic mass is 35.5. The number of benzene rings is 1. The van der Waals surface area contributed by atoms with Crippen molar-refractivity contribution in [2.45, 2.75) is 39.0 Å². The van der Waals surface area contributed by atoms with E-state index in [9.17, 15) is 4.79 Å². The molecule has 20 heavy (non-hydrogen) atoms. The van der Waals surface area contributed by atoms with Crippen LogP contribution < -0.4 is 5.32 Å². The molecule has 0 saturated heterocycles. The van der Waals surface area contributed by atoms with Gasteiger partial charge in [-0.2, -0.15) is 0 Å². The Balaban J connectivity index is 2.31. The van der Waals surface area contributed by atoms with Gasteiger partial charge in [-0.05, 0) is 26.3 Å². The quantitative estimate of drug-likeness (QED) is 0.820. The Morgan fingerprint density at radius 2 is 1.95 bits per heavy atom. The van der Waals surface area contributed by atoms with E-state index >= 15 is 0 Å². The summed E-state index contributed by atoms with van der Waals surface area (Å²) < 4.78 is 10.7. The fourth-order valence-corrected chi connectivity index (χ4v) is 1.66. The van der Waals surface area contributed by atoms with Crippen LogP contribution in [-0.4, -0.2) is 30.2 Å². The van der Waals surface area contributed by atoms with Crippen molar-refractivity contribution in [3.63, 3.8) is 0 Å². The van der Waals surface area contributed by atoms with Gasteiger partial charge in [-0.3, -0.25) is 0 Å². The molecule has 112 valence electrons. The third-order valence-corrected chi connectivity index (χ3v) is 2.71. The van der Waals surface area contributed by atoms with Gasteiger partial charge in [0, 0.05) is 5.88 Å². The average Bonchev–Trinajstić information content (AvgIpc) is 2.36. The summed E-state index contributed by atoms with van der Waals surface area (Å²) in [6, 6.07) is 9.56. The average molecular weight is 300 g/mol. The van der Waals surface area contributed by atoms with Crippen molar-refractivity contribution in [3.05, 3.63) is 35.9 Å². The third-order valence-electron chi connectivity index (χ3n) is 2.34. The number of hydrogen-bond donors (Lipinski definition) is 1. The van der Waals surface area contributed by atoms with E-state index in [-0.39, 0.29) is 11.9 Å². The summed E-state index contributed by atoms with van der Waals surface area (Å²) in [5.74, 6) is 0.272. The van der Waals surface area contributed by atoms with E-state index in [0.717, 1.165) is 5.56 Å². The Kier molecular flexibility index (Phi) is 6.82. The Bertz CT molecular complexity index is 403. The molecular formula is C15H22ClNO3. The molecule has 1 aromatic carbocycles. The van der Waals surface area contributed by atoms with Gasteiger partial charge in [0.15, 0.2) is 0 Å². The van der Waals surface area contributed by atoms with Crippen molar-refractivity contribution in [1.29, 1.82) is 0 Å². The van der Waals surface area contributed by atoms with Crippen LogP contribution in [0.3, 0.4) is 0 Å². The highest BCUT2D eigenvalue weighted by Crippen LogP contribution is 2.07. The Morgan fingerprint density at radius 3 is 2.50 bits per heavy atom. The maximum absolute atomic E-state index is 11.6. The van der Waals surface area contributed by atoms with E-state index < -0.39 is 11.7 Å². The second kappa shape index (κ2) is 8.12. The smallest absolute Gasteiger partial charge is 0.407 e. The molecule has 0 heterocycles. The molecule has 5 heteroatoms. The summed E-state index contributed by atoms with van der Waals surface area (Å²) in [6.45, 7) is 6.28. The van der Waals surface area contributed by atoms with Crippen LogP contribution in [-0.2, 0) is 16.1 Å². The lowest BCUT2D eigenvalue weighted by Crippen LogP contribution is -2.42. The molecule has 4 nitrogen and oxygen atoms in total. The molecule has 0 aromatic heterocycles. The molecule has 0 saturated carbocycles. The SMILES string of the molecule is CC(C)(C)OC(=O)NC(CCl)COCc1ccccc1. The van der Waals surface area contributed by atoms with Gasteiger partial charge in [0.25, 0.3) is 0 Å². The number of alkyl halides is 1. The fourth-order valence-electron chi connectivity index (χ4n) is 1.49. The summed E-state index contributed by atoms with van der Waals surface area (Å²) in [6.07, 6.45) is -0.480. The maximum atomic E-state index is 11.6. The zero-order chi connectivity index (χ0) is 15.0. The Labute approximate surface area is 125 Å². The van der Waals surface area contributed by atoms with Crippen LogP contribution in [0.15, 0.2) is 30.3 Å². The molecule has 1 unspecified atom stereocenters. The normalized spacial score (nSPS) is 12.8. The molecular weight excluding hydrogens is 278 g/mol. The first kappa shape index (κ1) is 16.8. The van der Waals surface area contributed by atoms with Crippen LogP contribution >= 0.6 is 11.6 Å². The molecule has 0 fully saturated rings. The lowest BCUT2D eigenvalue weighted by atomic mass is 10.2. The molecule has 1 atom stereocenters. The van der Waals surface area contributed by atoms with Crippen LogP contribution in [0.4, 0.5) is 4.79 Å². The molecule has 0 bridgehead atoms. The predicted molar refractivity (Wildman–Crippen MR) is 80.0 cm³/mol. The van der Waals surface area contributed by atoms with Crippen LogP contribution in [0.25, 0.3) is 0 Å². The van der Waals surface area contributed by atoms with Crippen molar-refractivity contribution >= 4 is 17.7 Å². The number of amides is 1. The fraction of sp³-hybridized carbons (Fsp3) is 0.533. The molecule has 1 N–H and O–H groups in total. The minimum absolute atomic E-state index is 0.268. The van der Waals surface area contributed by atoms with Gasteiger partial charge >= 0.3 is 6.09 Å². The zero-order valence-electron chi connectivity index (χ0n) is 12.2. The molecule has 1 amide bonds. The van der Waals surface area contributed by atoms with Gasteiger partial charge in [0.1, 0.15) is 5.60 Å². The first-order chi connectivity index (χ1) is 9.40. The van der Waals surface area contributed by atoms with E-state index in [4.69, 9.17) is 21.1 Å². The number of carbonyl (C=O) groups is 1. The number of carbonyl (C=O) groups excluding carboxylic acids is 1. The molecule has 0 aliphatic heterocycles. The van der Waals surface area contributed by atoms with Gasteiger partial charge in [-0.15, -0.1) is 11.6 Å². The molecule has 0 aliphatic rings. The highest BCUT2D eigenvalue weighted by Gasteiger charge is 2.19. The van der Waals surface area contributed by atoms with Crippen molar-refractivity contribution in [2.24, 2.45) is 0 Å². The minimum Gasteiger partial charge on any atom is -0.444 e. The second-order valence-corrected chi connectivity index (χ2v) is 5.81. The van der Waals surface area contributed by atoms with Gasteiger partial charge < -0.3 is 14.8 Å². The number of ether oxygens (including phenoxy) is 2. The van der Waals surface area contributed by atoms with E-state index in [1.165, 1.54) is 0 Å². The topological polar surface area (TPSA) is 47.6 Å². The number of halogens is 1. The number of hydrogen-bond acceptors (Lipinski definition) is 3. The van der Waals surface area contributed by atoms with Gasteiger partial charge in [-0.1, -0.05) is 30.3 Å². The van der Waals surface area contributed by atoms with Gasteiger partial charge in [0.2, 0.25) is 0 Å². The largest absolute Gasteiger partial charge is 0.444 e. The Morgan fingerprint density at radius 1 is 1.30 bits per heavy atom. The summed E-state index contributed by atoms with van der Waals surface area (Å²) in [5.41, 5.74) is 0.560. The van der Waals surface area contributed by atoms with Crippen LogP contribution in [0.1, 0.15) is 26.3 Å². The Hall–Kier alpha value is -1.26. The standard InChI is InChI=1S/C15H22ClNO3/c1-15(2,3)20-14(18)17-13(9-16)11-19-10-12-7-5-4-6-8-12/h4-8,13H,9-11H2,1-3H3,(H,17,18). The lowest BCUT2D eigenvalue weighted by Gasteiger charge is -2.22. The predicted octanol–water partition coefficient (Wildman–Crippen LogP) is 3.34. The van der Waals surface area contributed by atoms with Crippen molar-refractivity contribution < 1.29 is 14.3 Å². The third kappa shape index (κ3) is 7.36. The van der Waals surface area contributed by atoms with Crippen LogP contribution in [0.5, 0.6) is 0 Å². The number of rotatable bonds is 6. The summed E-state index contributed by atoms with van der Waals surface area (Å²) in [5, 5.41) is 2.69. The number of alkyl carbamates (subject to hydrolysis) is 1. The lowest BCUT2D eigenvalue weighted by molar-refractivity contribution is 0.0444.